The Bertz CT molecular complexity index is 874. The molecule has 0 saturated heterocycles. The number of carbonyl (C=O) groups is 3. The molecule has 0 radical (unpaired) electrons. The van der Waals surface area contributed by atoms with Crippen molar-refractivity contribution in [1.82, 2.24) is 5.32 Å². The zero-order valence-corrected chi connectivity index (χ0v) is 15.4. The molecule has 0 aliphatic heterocycles. The van der Waals surface area contributed by atoms with Gasteiger partial charge in [-0.25, -0.2) is 0 Å². The summed E-state index contributed by atoms with van der Waals surface area (Å²) < 4.78 is 10.2. The van der Waals surface area contributed by atoms with Gasteiger partial charge in [-0.05, 0) is 42.7 Å². The van der Waals surface area contributed by atoms with Crippen LogP contribution in [0.25, 0.3) is 0 Å². The van der Waals surface area contributed by atoms with Gasteiger partial charge >= 0.3 is 5.97 Å². The quantitative estimate of drug-likeness (QED) is 0.771. The van der Waals surface area contributed by atoms with E-state index in [4.69, 9.17) is 21.1 Å². The summed E-state index contributed by atoms with van der Waals surface area (Å²) in [6.07, 6.45) is 1.30. The Morgan fingerprint density at radius 1 is 1.07 bits per heavy atom. The Kier molecular flexibility index (Phi) is 5.46. The van der Waals surface area contributed by atoms with E-state index >= 15 is 0 Å². The summed E-state index contributed by atoms with van der Waals surface area (Å²) in [5.74, 6) is -1.46. The molecule has 6 nitrogen and oxygen atoms in total. The van der Waals surface area contributed by atoms with Crippen molar-refractivity contribution in [2.24, 2.45) is 0 Å². The molecule has 2 aromatic rings. The molecule has 1 aliphatic rings. The second kappa shape index (κ2) is 7.80. The Hall–Kier alpha value is -2.86. The molecule has 3 rings (SSSR count). The second-order valence-electron chi connectivity index (χ2n) is 6.24. The summed E-state index contributed by atoms with van der Waals surface area (Å²) in [6, 6.07) is 13.5. The van der Waals surface area contributed by atoms with Crippen LogP contribution in [0.5, 0.6) is 5.75 Å². The van der Waals surface area contributed by atoms with E-state index in [1.54, 1.807) is 42.5 Å². The second-order valence-corrected chi connectivity index (χ2v) is 6.68. The minimum Gasteiger partial charge on any atom is -0.496 e. The van der Waals surface area contributed by atoms with Gasteiger partial charge in [0.2, 0.25) is 0 Å². The third kappa shape index (κ3) is 4.11. The highest BCUT2D eigenvalue weighted by Gasteiger charge is 2.52. The predicted molar refractivity (Wildman–Crippen MR) is 98.8 cm³/mol. The highest BCUT2D eigenvalue weighted by atomic mass is 35.5. The van der Waals surface area contributed by atoms with Crippen LogP contribution in [0.4, 0.5) is 0 Å². The summed E-state index contributed by atoms with van der Waals surface area (Å²) in [5, 5.41) is 2.77. The largest absolute Gasteiger partial charge is 0.496 e. The van der Waals surface area contributed by atoms with E-state index in [9.17, 15) is 14.4 Å². The van der Waals surface area contributed by atoms with Crippen molar-refractivity contribution < 1.29 is 23.9 Å². The highest BCUT2D eigenvalue weighted by molar-refractivity contribution is 6.30. The number of hydrogen-bond acceptors (Lipinski definition) is 5. The van der Waals surface area contributed by atoms with E-state index in [0.717, 1.165) is 5.56 Å². The first-order valence-electron chi connectivity index (χ1n) is 8.37. The van der Waals surface area contributed by atoms with Gasteiger partial charge in [0, 0.05) is 5.02 Å². The minimum atomic E-state index is -0.725. The third-order valence-corrected chi connectivity index (χ3v) is 4.73. The molecule has 1 fully saturated rings. The molecule has 1 saturated carbocycles. The van der Waals surface area contributed by atoms with Crippen LogP contribution < -0.4 is 10.1 Å². The standard InChI is InChI=1S/C20H18ClNO5/c1-26-16-5-3-2-4-15(16)18(24)22-17(23)12-27-19(25)20(10-11-20)13-6-8-14(21)9-7-13/h2-9H,10-12H2,1H3,(H,22,23,24). The number of halogens is 1. The lowest BCUT2D eigenvalue weighted by Crippen LogP contribution is -2.35. The molecule has 0 atom stereocenters. The molecule has 0 bridgehead atoms. The number of carbonyl (C=O) groups excluding carboxylic acids is 3. The van der Waals surface area contributed by atoms with Crippen LogP contribution in [0.15, 0.2) is 48.5 Å². The SMILES string of the molecule is COc1ccccc1C(=O)NC(=O)COC(=O)C1(c2ccc(Cl)cc2)CC1. The van der Waals surface area contributed by atoms with Crippen LogP contribution in [0.2, 0.25) is 5.02 Å². The van der Waals surface area contributed by atoms with Gasteiger partial charge in [-0.1, -0.05) is 35.9 Å². The van der Waals surface area contributed by atoms with Gasteiger partial charge in [0.1, 0.15) is 5.75 Å². The van der Waals surface area contributed by atoms with Crippen LogP contribution in [0.1, 0.15) is 28.8 Å². The fourth-order valence-electron chi connectivity index (χ4n) is 2.84. The lowest BCUT2D eigenvalue weighted by Gasteiger charge is -2.15. The van der Waals surface area contributed by atoms with Crippen molar-refractivity contribution in [2.75, 3.05) is 13.7 Å². The number of imide groups is 1. The van der Waals surface area contributed by atoms with Crippen molar-refractivity contribution in [3.63, 3.8) is 0 Å². The highest BCUT2D eigenvalue weighted by Crippen LogP contribution is 2.49. The van der Waals surface area contributed by atoms with E-state index in [1.165, 1.54) is 13.2 Å². The molecule has 140 valence electrons. The maximum absolute atomic E-state index is 12.4. The third-order valence-electron chi connectivity index (χ3n) is 4.48. The maximum atomic E-state index is 12.4. The number of ether oxygens (including phenoxy) is 2. The van der Waals surface area contributed by atoms with Crippen LogP contribution in [0.3, 0.4) is 0 Å². The average Bonchev–Trinajstić information content (AvgIpc) is 3.48. The van der Waals surface area contributed by atoms with Crippen LogP contribution >= 0.6 is 11.6 Å². The van der Waals surface area contributed by atoms with Crippen molar-refractivity contribution in [3.8, 4) is 5.75 Å². The van der Waals surface area contributed by atoms with Gasteiger partial charge in [-0.2, -0.15) is 0 Å². The average molecular weight is 388 g/mol. The normalized spacial score (nSPS) is 14.1. The number of esters is 1. The Balaban J connectivity index is 1.57. The molecular weight excluding hydrogens is 370 g/mol. The van der Waals surface area contributed by atoms with Gasteiger partial charge in [-0.15, -0.1) is 0 Å². The van der Waals surface area contributed by atoms with Crippen molar-refractivity contribution in [1.29, 1.82) is 0 Å². The molecule has 27 heavy (non-hydrogen) atoms. The molecule has 1 aliphatic carbocycles. The Morgan fingerprint density at radius 3 is 2.37 bits per heavy atom. The van der Waals surface area contributed by atoms with Gasteiger partial charge in [0.05, 0.1) is 18.1 Å². The summed E-state index contributed by atoms with van der Waals surface area (Å²) >= 11 is 5.88. The predicted octanol–water partition coefficient (Wildman–Crippen LogP) is 2.88. The Morgan fingerprint density at radius 2 is 1.74 bits per heavy atom. The Labute approximate surface area is 161 Å². The number of hydrogen-bond donors (Lipinski definition) is 1. The first-order valence-corrected chi connectivity index (χ1v) is 8.74. The van der Waals surface area contributed by atoms with Crippen molar-refractivity contribution in [3.05, 3.63) is 64.7 Å². The number of amides is 2. The van der Waals surface area contributed by atoms with Gasteiger partial charge < -0.3 is 9.47 Å². The summed E-state index contributed by atoms with van der Waals surface area (Å²) in [5.41, 5.74) is 0.305. The monoisotopic (exact) mass is 387 g/mol. The van der Waals surface area contributed by atoms with E-state index in [1.807, 2.05) is 0 Å². The number of nitrogens with one attached hydrogen (secondary N) is 1. The lowest BCUT2D eigenvalue weighted by atomic mass is 9.96. The minimum absolute atomic E-state index is 0.222. The number of rotatable bonds is 6. The summed E-state index contributed by atoms with van der Waals surface area (Å²) in [4.78, 5) is 36.6. The maximum Gasteiger partial charge on any atom is 0.317 e. The fourth-order valence-corrected chi connectivity index (χ4v) is 2.96. The van der Waals surface area contributed by atoms with E-state index in [0.29, 0.717) is 23.6 Å². The van der Waals surface area contributed by atoms with Gasteiger partial charge in [0.15, 0.2) is 6.61 Å². The van der Waals surface area contributed by atoms with E-state index < -0.39 is 29.8 Å². The van der Waals surface area contributed by atoms with Crippen LogP contribution in [-0.2, 0) is 19.7 Å². The molecule has 7 heteroatoms. The first-order chi connectivity index (χ1) is 13.0. The molecule has 0 aromatic heterocycles. The number of benzene rings is 2. The van der Waals surface area contributed by atoms with E-state index in [-0.39, 0.29) is 5.56 Å². The number of para-hydroxylation sites is 1. The molecule has 2 amide bonds. The summed E-state index contributed by atoms with van der Waals surface area (Å²) in [7, 11) is 1.43. The number of methoxy groups -OCH3 is 1. The van der Waals surface area contributed by atoms with Crippen LogP contribution in [0, 0.1) is 0 Å². The molecular formula is C20H18ClNO5. The van der Waals surface area contributed by atoms with Crippen molar-refractivity contribution >= 4 is 29.4 Å². The molecule has 1 N–H and O–H groups in total. The molecule has 2 aromatic carbocycles. The molecule has 0 spiro atoms. The topological polar surface area (TPSA) is 81.7 Å². The van der Waals surface area contributed by atoms with Gasteiger partial charge in [-0.3, -0.25) is 19.7 Å². The zero-order chi connectivity index (χ0) is 19.4. The van der Waals surface area contributed by atoms with Gasteiger partial charge in [0.25, 0.3) is 11.8 Å². The first kappa shape index (κ1) is 18.9. The fraction of sp³-hybridized carbons (Fsp3) is 0.250. The van der Waals surface area contributed by atoms with Crippen LogP contribution in [-0.4, -0.2) is 31.5 Å². The molecule has 0 heterocycles. The smallest absolute Gasteiger partial charge is 0.317 e. The summed E-state index contributed by atoms with van der Waals surface area (Å²) in [6.45, 7) is -0.533. The van der Waals surface area contributed by atoms with Crippen molar-refractivity contribution in [2.45, 2.75) is 18.3 Å². The van der Waals surface area contributed by atoms with E-state index in [2.05, 4.69) is 5.32 Å². The zero-order valence-electron chi connectivity index (χ0n) is 14.7. The molecule has 0 unspecified atom stereocenters. The lowest BCUT2D eigenvalue weighted by molar-refractivity contribution is -0.150.